The van der Waals surface area contributed by atoms with E-state index in [1.165, 1.54) is 6.08 Å². The summed E-state index contributed by atoms with van der Waals surface area (Å²) in [6.45, 7) is 2.00. The molecule has 0 bridgehead atoms. The van der Waals surface area contributed by atoms with Crippen LogP contribution in [-0.4, -0.2) is 32.2 Å². The van der Waals surface area contributed by atoms with Crippen LogP contribution in [-0.2, 0) is 26.3 Å². The lowest BCUT2D eigenvalue weighted by atomic mass is 9.64. The minimum atomic E-state index is -0.904. The monoisotopic (exact) mass is 371 g/mol. The summed E-state index contributed by atoms with van der Waals surface area (Å²) in [5.41, 5.74) is 0.775. The second-order valence-corrected chi connectivity index (χ2v) is 7.16. The molecule has 3 rings (SSSR count). The van der Waals surface area contributed by atoms with E-state index in [9.17, 15) is 14.4 Å². The highest BCUT2D eigenvalue weighted by Gasteiger charge is 2.49. The van der Waals surface area contributed by atoms with Gasteiger partial charge in [-0.05, 0) is 35.8 Å². The molecule has 1 aromatic carbocycles. The van der Waals surface area contributed by atoms with Crippen LogP contribution in [0.4, 0.5) is 0 Å². The Morgan fingerprint density at radius 1 is 1.26 bits per heavy atom. The molecule has 1 spiro atoms. The Balaban J connectivity index is 2.23. The third kappa shape index (κ3) is 3.24. The molecule has 2 aliphatic rings. The van der Waals surface area contributed by atoms with Crippen LogP contribution in [0.2, 0.25) is 0 Å². The van der Waals surface area contributed by atoms with Crippen molar-refractivity contribution >= 4 is 18.0 Å². The van der Waals surface area contributed by atoms with Gasteiger partial charge in [-0.1, -0.05) is 19.4 Å². The molecular formula is C21H25NO5. The number of benzene rings is 1. The van der Waals surface area contributed by atoms with Crippen molar-refractivity contribution in [1.82, 2.24) is 5.32 Å². The molecule has 1 unspecified atom stereocenters. The predicted molar refractivity (Wildman–Crippen MR) is 99.8 cm³/mol. The molecule has 1 aliphatic heterocycles. The summed E-state index contributed by atoms with van der Waals surface area (Å²) < 4.78 is 10.8. The molecule has 0 saturated heterocycles. The lowest BCUT2D eigenvalue weighted by molar-refractivity contribution is -0.127. The lowest BCUT2D eigenvalue weighted by Gasteiger charge is -2.47. The van der Waals surface area contributed by atoms with Gasteiger partial charge in [-0.3, -0.25) is 9.59 Å². The first kappa shape index (κ1) is 19.1. The lowest BCUT2D eigenvalue weighted by Crippen LogP contribution is -2.57. The minimum absolute atomic E-state index is 0.0320. The van der Waals surface area contributed by atoms with Crippen molar-refractivity contribution in [3.8, 4) is 11.5 Å². The molecule has 0 fully saturated rings. The third-order valence-corrected chi connectivity index (χ3v) is 5.60. The number of fused-ring (bicyclic) bond motifs is 2. The van der Waals surface area contributed by atoms with Gasteiger partial charge in [0, 0.05) is 18.3 Å². The maximum atomic E-state index is 12.6. The smallest absolute Gasteiger partial charge is 0.225 e. The molecule has 0 aromatic heterocycles. The number of rotatable bonds is 6. The van der Waals surface area contributed by atoms with E-state index in [-0.39, 0.29) is 36.4 Å². The van der Waals surface area contributed by atoms with Gasteiger partial charge in [0.25, 0.3) is 0 Å². The highest BCUT2D eigenvalue weighted by Crippen LogP contribution is 2.47. The molecule has 0 saturated carbocycles. The maximum absolute atomic E-state index is 12.6. The van der Waals surface area contributed by atoms with Gasteiger partial charge in [0.2, 0.25) is 5.91 Å². The van der Waals surface area contributed by atoms with E-state index in [1.807, 2.05) is 19.1 Å². The predicted octanol–water partition coefficient (Wildman–Crippen LogP) is 2.33. The van der Waals surface area contributed by atoms with Crippen molar-refractivity contribution in [2.45, 2.75) is 38.1 Å². The van der Waals surface area contributed by atoms with E-state index in [0.29, 0.717) is 17.9 Å². The first-order valence-corrected chi connectivity index (χ1v) is 9.22. The molecular weight excluding hydrogens is 346 g/mol. The Labute approximate surface area is 158 Å². The fourth-order valence-corrected chi connectivity index (χ4v) is 4.37. The molecule has 0 radical (unpaired) electrons. The van der Waals surface area contributed by atoms with Crippen LogP contribution in [0.1, 0.15) is 37.3 Å². The van der Waals surface area contributed by atoms with Crippen LogP contribution in [0.3, 0.4) is 0 Å². The first-order valence-electron chi connectivity index (χ1n) is 9.22. The molecule has 1 N–H and O–H groups in total. The highest BCUT2D eigenvalue weighted by atomic mass is 16.5. The second kappa shape index (κ2) is 7.55. The van der Waals surface area contributed by atoms with Crippen LogP contribution >= 0.6 is 0 Å². The third-order valence-electron chi connectivity index (χ3n) is 5.60. The molecule has 6 nitrogen and oxygen atoms in total. The number of methoxy groups -OCH3 is 2. The van der Waals surface area contributed by atoms with Crippen molar-refractivity contribution in [3.63, 3.8) is 0 Å². The van der Waals surface area contributed by atoms with Gasteiger partial charge in [-0.25, -0.2) is 0 Å². The average molecular weight is 371 g/mol. The molecule has 144 valence electrons. The van der Waals surface area contributed by atoms with E-state index < -0.39 is 5.54 Å². The van der Waals surface area contributed by atoms with Crippen LogP contribution in [0.5, 0.6) is 11.5 Å². The molecule has 1 aromatic rings. The summed E-state index contributed by atoms with van der Waals surface area (Å²) in [4.78, 5) is 36.6. The van der Waals surface area contributed by atoms with Crippen molar-refractivity contribution < 1.29 is 23.9 Å². The van der Waals surface area contributed by atoms with E-state index in [1.54, 1.807) is 20.3 Å². The zero-order valence-electron chi connectivity index (χ0n) is 15.9. The zero-order valence-corrected chi connectivity index (χ0v) is 15.9. The van der Waals surface area contributed by atoms with Crippen LogP contribution in [0.25, 0.3) is 0 Å². The summed E-state index contributed by atoms with van der Waals surface area (Å²) in [7, 11) is 3.11. The number of carbonyl (C=O) groups is 3. The number of ether oxygens (including phenoxy) is 2. The normalized spacial score (nSPS) is 24.9. The number of aldehydes is 1. The van der Waals surface area contributed by atoms with E-state index in [4.69, 9.17) is 9.47 Å². The van der Waals surface area contributed by atoms with Crippen molar-refractivity contribution in [2.75, 3.05) is 14.2 Å². The molecule has 27 heavy (non-hydrogen) atoms. The number of ketones is 1. The zero-order chi connectivity index (χ0) is 19.6. The van der Waals surface area contributed by atoms with Crippen LogP contribution < -0.4 is 14.8 Å². The SMILES string of the molecule is CCC[C@H](C=O)C1CC(=O)C=C[C@@]12NC(=O)Cc1cc(OC)c(OC)cc12. The number of hydrogen-bond donors (Lipinski definition) is 1. The van der Waals surface area contributed by atoms with E-state index in [0.717, 1.165) is 23.8 Å². The van der Waals surface area contributed by atoms with E-state index >= 15 is 0 Å². The van der Waals surface area contributed by atoms with Crippen LogP contribution in [0.15, 0.2) is 24.3 Å². The maximum Gasteiger partial charge on any atom is 0.225 e. The summed E-state index contributed by atoms with van der Waals surface area (Å²) in [5, 5.41) is 3.09. The Hall–Kier alpha value is -2.63. The Morgan fingerprint density at radius 2 is 1.96 bits per heavy atom. The second-order valence-electron chi connectivity index (χ2n) is 7.16. The largest absolute Gasteiger partial charge is 0.493 e. The Bertz CT molecular complexity index is 800. The van der Waals surface area contributed by atoms with Gasteiger partial charge in [-0.2, -0.15) is 0 Å². The number of hydrogen-bond acceptors (Lipinski definition) is 5. The minimum Gasteiger partial charge on any atom is -0.493 e. The molecule has 6 heteroatoms. The van der Waals surface area contributed by atoms with Gasteiger partial charge >= 0.3 is 0 Å². The van der Waals surface area contributed by atoms with Gasteiger partial charge < -0.3 is 19.6 Å². The summed E-state index contributed by atoms with van der Waals surface area (Å²) in [6, 6.07) is 3.67. The van der Waals surface area contributed by atoms with Gasteiger partial charge in [0.15, 0.2) is 17.3 Å². The van der Waals surface area contributed by atoms with Crippen molar-refractivity contribution in [3.05, 3.63) is 35.4 Å². The topological polar surface area (TPSA) is 81.7 Å². The molecule has 1 amide bonds. The quantitative estimate of drug-likeness (QED) is 0.776. The number of amides is 1. The van der Waals surface area contributed by atoms with Crippen LogP contribution in [0, 0.1) is 11.8 Å². The molecule has 1 aliphatic carbocycles. The van der Waals surface area contributed by atoms with Gasteiger partial charge in [0.05, 0.1) is 26.2 Å². The average Bonchev–Trinajstić information content (AvgIpc) is 2.67. The molecule has 1 heterocycles. The van der Waals surface area contributed by atoms with Gasteiger partial charge in [0.1, 0.15) is 6.29 Å². The van der Waals surface area contributed by atoms with Gasteiger partial charge in [-0.15, -0.1) is 0 Å². The number of carbonyl (C=O) groups excluding carboxylic acids is 3. The van der Waals surface area contributed by atoms with E-state index in [2.05, 4.69) is 5.32 Å². The fourth-order valence-electron chi connectivity index (χ4n) is 4.37. The summed E-state index contributed by atoms with van der Waals surface area (Å²) in [5.74, 6) is 0.259. The standard InChI is InChI=1S/C21H25NO5/c1-4-5-13(12-23)16-10-15(24)6-7-21(16)17-11-19(27-3)18(26-2)8-14(17)9-20(25)22-21/h6-8,11-13,16H,4-5,9-10H2,1-3H3,(H,22,25)/t13-,16?,21-/m1/s1. The highest BCUT2D eigenvalue weighted by molar-refractivity contribution is 5.93. The molecule has 3 atom stereocenters. The van der Waals surface area contributed by atoms with Crippen molar-refractivity contribution in [2.24, 2.45) is 11.8 Å². The first-order chi connectivity index (χ1) is 13.0. The number of nitrogens with one attached hydrogen (secondary N) is 1. The number of allylic oxidation sites excluding steroid dienone is 1. The van der Waals surface area contributed by atoms with Crippen molar-refractivity contribution in [1.29, 1.82) is 0 Å². The Morgan fingerprint density at radius 3 is 2.59 bits per heavy atom. The Kier molecular flexibility index (Phi) is 5.35. The summed E-state index contributed by atoms with van der Waals surface area (Å²) >= 11 is 0. The fraction of sp³-hybridized carbons (Fsp3) is 0.476. The summed E-state index contributed by atoms with van der Waals surface area (Å²) in [6.07, 6.45) is 6.09.